The van der Waals surface area contributed by atoms with Gasteiger partial charge < -0.3 is 29.9 Å². The molecule has 1 rings (SSSR count). The first-order valence-corrected chi connectivity index (χ1v) is 3.95. The summed E-state index contributed by atoms with van der Waals surface area (Å²) in [7, 11) is 1.30. The molecule has 1 aliphatic heterocycles. The summed E-state index contributed by atoms with van der Waals surface area (Å²) in [5, 5.41) is 36.6. The third-order valence-electron chi connectivity index (χ3n) is 2.11. The van der Waals surface area contributed by atoms with Gasteiger partial charge in [-0.05, 0) is 0 Å². The molecular weight excluding hydrogens is 182 g/mol. The van der Waals surface area contributed by atoms with E-state index < -0.39 is 37.3 Å². The lowest BCUT2D eigenvalue weighted by atomic mass is 9.99. The minimum absolute atomic E-state index is 0.440. The molecule has 0 aliphatic carbocycles. The van der Waals surface area contributed by atoms with E-state index in [9.17, 15) is 10.2 Å². The maximum Gasteiger partial charge on any atom is 0.184 e. The van der Waals surface area contributed by atoms with Crippen LogP contribution < -0.4 is 0 Å². The molecule has 4 N–H and O–H groups in total. The molecule has 0 amide bonds. The van der Waals surface area contributed by atoms with Crippen molar-refractivity contribution in [1.82, 2.24) is 0 Å². The third kappa shape index (κ3) is 1.98. The van der Waals surface area contributed by atoms with Gasteiger partial charge in [0, 0.05) is 7.11 Å². The summed E-state index contributed by atoms with van der Waals surface area (Å²) in [5.74, 6) is 0. The summed E-state index contributed by atoms with van der Waals surface area (Å²) in [6.07, 6.45) is -5.76. The zero-order chi connectivity index (χ0) is 10.0. The second kappa shape index (κ2) is 4.32. The maximum atomic E-state index is 9.44. The van der Waals surface area contributed by atoms with Crippen LogP contribution in [0.25, 0.3) is 0 Å². The zero-order valence-electron chi connectivity index (χ0n) is 7.20. The van der Waals surface area contributed by atoms with Gasteiger partial charge >= 0.3 is 0 Å². The van der Waals surface area contributed by atoms with Gasteiger partial charge in [-0.15, -0.1) is 0 Å². The fraction of sp³-hybridized carbons (Fsp3) is 1.00. The van der Waals surface area contributed by atoms with Gasteiger partial charge in [0.15, 0.2) is 6.29 Å². The number of methoxy groups -OCH3 is 1. The topological polar surface area (TPSA) is 99.4 Å². The van der Waals surface area contributed by atoms with Crippen LogP contribution in [-0.4, -0.2) is 64.8 Å². The van der Waals surface area contributed by atoms with E-state index in [2.05, 4.69) is 0 Å². The molecule has 1 heterocycles. The molecule has 1 fully saturated rings. The van der Waals surface area contributed by atoms with E-state index in [0.717, 1.165) is 0 Å². The van der Waals surface area contributed by atoms with E-state index in [4.69, 9.17) is 19.7 Å². The highest BCUT2D eigenvalue weighted by atomic mass is 16.7. The first-order chi connectivity index (χ1) is 6.11. The summed E-state index contributed by atoms with van der Waals surface area (Å²) in [6, 6.07) is 0. The van der Waals surface area contributed by atoms with Crippen molar-refractivity contribution in [3.8, 4) is 0 Å². The van der Waals surface area contributed by atoms with Crippen molar-refractivity contribution in [3.05, 3.63) is 0 Å². The van der Waals surface area contributed by atoms with E-state index in [-0.39, 0.29) is 0 Å². The molecule has 13 heavy (non-hydrogen) atoms. The first kappa shape index (κ1) is 10.8. The number of hydrogen-bond donors (Lipinski definition) is 4. The lowest BCUT2D eigenvalue weighted by Gasteiger charge is -2.39. The third-order valence-corrected chi connectivity index (χ3v) is 2.11. The number of aliphatic hydroxyl groups is 4. The molecule has 0 aromatic carbocycles. The first-order valence-electron chi connectivity index (χ1n) is 3.95. The van der Waals surface area contributed by atoms with Crippen LogP contribution in [0, 0.1) is 0 Å². The molecule has 6 heteroatoms. The molecule has 1 saturated heterocycles. The highest BCUT2D eigenvalue weighted by molar-refractivity contribution is 4.89. The van der Waals surface area contributed by atoms with Crippen LogP contribution in [0.15, 0.2) is 0 Å². The Morgan fingerprint density at radius 3 is 2.31 bits per heavy atom. The standard InChI is InChI=1S/C7H14O6/c1-12-6-4(9)3(2-8)13-7(11)5(6)10/h3-11H,2H2,1H3/i1+2. The number of aliphatic hydroxyl groups excluding tert-OH is 4. The van der Waals surface area contributed by atoms with E-state index in [0.29, 0.717) is 0 Å². The van der Waals surface area contributed by atoms with Crippen molar-refractivity contribution in [2.45, 2.75) is 30.7 Å². The fourth-order valence-corrected chi connectivity index (χ4v) is 1.35. The molecule has 0 spiro atoms. The van der Waals surface area contributed by atoms with Gasteiger partial charge in [-0.2, -0.15) is 0 Å². The van der Waals surface area contributed by atoms with E-state index >= 15 is 0 Å². The summed E-state index contributed by atoms with van der Waals surface area (Å²) in [5.41, 5.74) is 0. The summed E-state index contributed by atoms with van der Waals surface area (Å²) in [4.78, 5) is 0. The van der Waals surface area contributed by atoms with Crippen molar-refractivity contribution in [3.63, 3.8) is 0 Å². The second-order valence-electron chi connectivity index (χ2n) is 2.93. The van der Waals surface area contributed by atoms with E-state index in [1.807, 2.05) is 0 Å². The van der Waals surface area contributed by atoms with Crippen LogP contribution in [0.1, 0.15) is 0 Å². The molecule has 0 saturated carbocycles. The van der Waals surface area contributed by atoms with Crippen molar-refractivity contribution in [2.24, 2.45) is 0 Å². The van der Waals surface area contributed by atoms with Crippen molar-refractivity contribution >= 4 is 0 Å². The molecule has 6 nitrogen and oxygen atoms in total. The van der Waals surface area contributed by atoms with E-state index in [1.54, 1.807) is 0 Å². The summed E-state index contributed by atoms with van der Waals surface area (Å²) in [6.45, 7) is -0.440. The van der Waals surface area contributed by atoms with Crippen LogP contribution in [0.3, 0.4) is 0 Å². The normalized spacial score (nSPS) is 46.4. The smallest absolute Gasteiger partial charge is 0.184 e. The van der Waals surface area contributed by atoms with Gasteiger partial charge in [-0.3, -0.25) is 0 Å². The van der Waals surface area contributed by atoms with Crippen molar-refractivity contribution < 1.29 is 29.9 Å². The Balaban J connectivity index is 2.69. The molecule has 78 valence electrons. The Kier molecular flexibility index (Phi) is 3.60. The van der Waals surface area contributed by atoms with Crippen LogP contribution in [0.4, 0.5) is 0 Å². The minimum atomic E-state index is -1.44. The molecule has 1 aliphatic rings. The summed E-state index contributed by atoms with van der Waals surface area (Å²) >= 11 is 0. The van der Waals surface area contributed by atoms with Gasteiger partial charge in [0.1, 0.15) is 24.4 Å². The Labute approximate surface area is 75.3 Å². The number of hydrogen-bond acceptors (Lipinski definition) is 6. The molecule has 0 aromatic rings. The van der Waals surface area contributed by atoms with E-state index in [1.165, 1.54) is 7.11 Å². The van der Waals surface area contributed by atoms with Gasteiger partial charge in [-0.25, -0.2) is 0 Å². The van der Waals surface area contributed by atoms with Crippen LogP contribution >= 0.6 is 0 Å². The highest BCUT2D eigenvalue weighted by Gasteiger charge is 2.43. The fourth-order valence-electron chi connectivity index (χ4n) is 1.35. The Bertz CT molecular complexity index is 163. The zero-order valence-corrected chi connectivity index (χ0v) is 7.20. The van der Waals surface area contributed by atoms with Crippen molar-refractivity contribution in [1.29, 1.82) is 0 Å². The Morgan fingerprint density at radius 2 is 1.85 bits per heavy atom. The summed E-state index contributed by atoms with van der Waals surface area (Å²) < 4.78 is 9.48. The lowest BCUT2D eigenvalue weighted by molar-refractivity contribution is -0.290. The predicted octanol–water partition coefficient (Wildman–Crippen LogP) is -2.57. The molecule has 0 bridgehead atoms. The van der Waals surface area contributed by atoms with Crippen LogP contribution in [0.5, 0.6) is 0 Å². The molecular formula is C7H14O6. The quantitative estimate of drug-likeness (QED) is 0.387. The average molecular weight is 196 g/mol. The monoisotopic (exact) mass is 196 g/mol. The number of ether oxygens (including phenoxy) is 2. The minimum Gasteiger partial charge on any atom is -0.394 e. The molecule has 0 aromatic heterocycles. The largest absolute Gasteiger partial charge is 0.394 e. The SMILES string of the molecule is [14CH3]OC1C(O)C(O)OC(CO)C1O. The van der Waals surface area contributed by atoms with Gasteiger partial charge in [-0.1, -0.05) is 0 Å². The molecule has 0 radical (unpaired) electrons. The second-order valence-corrected chi connectivity index (χ2v) is 2.93. The highest BCUT2D eigenvalue weighted by Crippen LogP contribution is 2.21. The predicted molar refractivity (Wildman–Crippen MR) is 40.8 cm³/mol. The maximum absolute atomic E-state index is 9.44. The molecule has 5 atom stereocenters. The van der Waals surface area contributed by atoms with Gasteiger partial charge in [0.25, 0.3) is 0 Å². The van der Waals surface area contributed by atoms with Crippen molar-refractivity contribution in [2.75, 3.05) is 13.7 Å². The number of rotatable bonds is 2. The average Bonchev–Trinajstić information content (AvgIpc) is 2.12. The van der Waals surface area contributed by atoms with Crippen LogP contribution in [-0.2, 0) is 9.47 Å². The Hall–Kier alpha value is -0.240. The van der Waals surface area contributed by atoms with Gasteiger partial charge in [0.2, 0.25) is 0 Å². The van der Waals surface area contributed by atoms with Crippen LogP contribution in [0.2, 0.25) is 0 Å². The molecule has 5 unspecified atom stereocenters. The lowest BCUT2D eigenvalue weighted by Crippen LogP contribution is -2.59. The van der Waals surface area contributed by atoms with Gasteiger partial charge in [0.05, 0.1) is 6.61 Å². The Morgan fingerprint density at radius 1 is 1.23 bits per heavy atom.